The Morgan fingerprint density at radius 2 is 1.54 bits per heavy atom. The van der Waals surface area contributed by atoms with Gasteiger partial charge in [-0.3, -0.25) is 9.59 Å². The van der Waals surface area contributed by atoms with E-state index in [0.717, 1.165) is 0 Å². The van der Waals surface area contributed by atoms with Gasteiger partial charge in [-0.15, -0.1) is 0 Å². The molecule has 0 spiro atoms. The van der Waals surface area contributed by atoms with Crippen molar-refractivity contribution in [1.82, 2.24) is 5.32 Å². The molecule has 0 radical (unpaired) electrons. The summed E-state index contributed by atoms with van der Waals surface area (Å²) in [5.74, 6) is 1.49. The molecule has 1 aliphatic rings. The second-order valence-electron chi connectivity index (χ2n) is 8.49. The number of allylic oxidation sites excluding steroid dienone is 1. The number of carbonyl (C=O) groups is 2. The quantitative estimate of drug-likeness (QED) is 0.347. The molecule has 0 aliphatic carbocycles. The third-order valence-electron chi connectivity index (χ3n) is 5.94. The Morgan fingerprint density at radius 1 is 0.872 bits per heavy atom. The minimum absolute atomic E-state index is 0.114. The lowest BCUT2D eigenvalue weighted by molar-refractivity contribution is -0.114. The molecule has 0 fully saturated rings. The number of hydrogen-bond donors (Lipinski definition) is 3. The van der Waals surface area contributed by atoms with Gasteiger partial charge in [-0.25, -0.2) is 4.99 Å². The van der Waals surface area contributed by atoms with Crippen molar-refractivity contribution in [1.29, 1.82) is 0 Å². The summed E-state index contributed by atoms with van der Waals surface area (Å²) in [6.45, 7) is 1.82. The third kappa shape index (κ3) is 6.91. The fourth-order valence-corrected chi connectivity index (χ4v) is 4.75. The summed E-state index contributed by atoms with van der Waals surface area (Å²) in [6.07, 6.45) is 0. The van der Waals surface area contributed by atoms with E-state index < -0.39 is 6.04 Å². The maximum absolute atomic E-state index is 13.5. The summed E-state index contributed by atoms with van der Waals surface area (Å²) < 4.78 is 16.1. The van der Waals surface area contributed by atoms with Gasteiger partial charge in [0.25, 0.3) is 5.91 Å². The van der Waals surface area contributed by atoms with Crippen molar-refractivity contribution < 1.29 is 23.8 Å². The molecule has 0 saturated heterocycles. The Hall–Kier alpha value is -4.44. The number of nitrogens with one attached hydrogen (secondary N) is 3. The van der Waals surface area contributed by atoms with Gasteiger partial charge in [0.05, 0.1) is 32.7 Å². The second kappa shape index (κ2) is 12.9. The first-order chi connectivity index (χ1) is 18.9. The average molecular weight is 547 g/mol. The van der Waals surface area contributed by atoms with Crippen molar-refractivity contribution >= 4 is 40.1 Å². The highest BCUT2D eigenvalue weighted by molar-refractivity contribution is 8.14. The highest BCUT2D eigenvalue weighted by Crippen LogP contribution is 2.39. The number of nitrogens with zero attached hydrogens (tertiary/aromatic N) is 1. The van der Waals surface area contributed by atoms with Gasteiger partial charge in [-0.1, -0.05) is 30.0 Å². The van der Waals surface area contributed by atoms with E-state index in [0.29, 0.717) is 50.6 Å². The highest BCUT2D eigenvalue weighted by atomic mass is 32.2. The number of carbonyl (C=O) groups excluding carboxylic acids is 2. The van der Waals surface area contributed by atoms with Crippen molar-refractivity contribution in [3.63, 3.8) is 0 Å². The van der Waals surface area contributed by atoms with Crippen LogP contribution in [0.25, 0.3) is 0 Å². The summed E-state index contributed by atoms with van der Waals surface area (Å²) in [4.78, 5) is 31.0. The number of benzene rings is 3. The predicted molar refractivity (Wildman–Crippen MR) is 155 cm³/mol. The number of hydrogen-bond acceptors (Lipinski definition) is 8. The van der Waals surface area contributed by atoms with E-state index >= 15 is 0 Å². The van der Waals surface area contributed by atoms with Gasteiger partial charge in [0.15, 0.2) is 5.17 Å². The summed E-state index contributed by atoms with van der Waals surface area (Å²) in [6, 6.07) is 21.0. The lowest BCUT2D eigenvalue weighted by atomic mass is 9.95. The fourth-order valence-electron chi connectivity index (χ4n) is 4.01. The molecule has 3 aromatic carbocycles. The van der Waals surface area contributed by atoms with E-state index in [9.17, 15) is 9.59 Å². The van der Waals surface area contributed by atoms with Crippen LogP contribution >= 0.6 is 11.8 Å². The van der Waals surface area contributed by atoms with E-state index in [1.165, 1.54) is 11.8 Å². The van der Waals surface area contributed by atoms with Crippen LogP contribution in [0.2, 0.25) is 0 Å². The summed E-state index contributed by atoms with van der Waals surface area (Å²) in [5.41, 5.74) is 3.09. The van der Waals surface area contributed by atoms with Gasteiger partial charge < -0.3 is 30.2 Å². The molecule has 1 heterocycles. The van der Waals surface area contributed by atoms with E-state index in [2.05, 4.69) is 16.0 Å². The molecule has 9 nitrogen and oxygen atoms in total. The Bertz CT molecular complexity index is 1390. The van der Waals surface area contributed by atoms with Crippen LogP contribution < -0.4 is 30.2 Å². The molecule has 202 valence electrons. The van der Waals surface area contributed by atoms with Crippen LogP contribution in [-0.4, -0.2) is 44.1 Å². The van der Waals surface area contributed by atoms with E-state index in [-0.39, 0.29) is 17.6 Å². The lowest BCUT2D eigenvalue weighted by Crippen LogP contribution is -2.33. The van der Waals surface area contributed by atoms with Crippen molar-refractivity contribution in [2.24, 2.45) is 4.99 Å². The number of amidine groups is 1. The van der Waals surface area contributed by atoms with Crippen molar-refractivity contribution in [3.05, 3.63) is 89.6 Å². The van der Waals surface area contributed by atoms with Gasteiger partial charge in [0.1, 0.15) is 23.3 Å². The average Bonchev–Trinajstić information content (AvgIpc) is 2.96. The third-order valence-corrected chi connectivity index (χ3v) is 6.83. The van der Waals surface area contributed by atoms with Crippen LogP contribution in [0, 0.1) is 0 Å². The number of rotatable bonds is 9. The second-order valence-corrected chi connectivity index (χ2v) is 9.46. The maximum atomic E-state index is 13.5. The van der Waals surface area contributed by atoms with E-state index in [4.69, 9.17) is 19.2 Å². The summed E-state index contributed by atoms with van der Waals surface area (Å²) in [7, 11) is 4.72. The predicted octanol–water partition coefficient (Wildman–Crippen LogP) is 5.00. The molecule has 3 N–H and O–H groups in total. The first kappa shape index (κ1) is 27.6. The van der Waals surface area contributed by atoms with Gasteiger partial charge >= 0.3 is 0 Å². The Kier molecular flexibility index (Phi) is 9.11. The number of amides is 2. The smallest absolute Gasteiger partial charge is 0.255 e. The van der Waals surface area contributed by atoms with Gasteiger partial charge in [-0.05, 0) is 55.5 Å². The number of para-hydroxylation sites is 1. The number of thioether (sulfide) groups is 1. The molecule has 2 amide bonds. The van der Waals surface area contributed by atoms with Crippen LogP contribution in [0.5, 0.6) is 17.2 Å². The molecule has 3 aromatic rings. The largest absolute Gasteiger partial charge is 0.497 e. The van der Waals surface area contributed by atoms with E-state index in [1.807, 2.05) is 43.3 Å². The standard InChI is InChI=1S/C29H30N4O5S/c1-18-26(28(35)32-19-8-6-5-7-9-19)27(23-15-14-22(37-3)16-24(23)38-4)33-29(30-18)39-17-25(34)31-20-10-12-21(36-2)13-11-20/h5-16,27H,17H2,1-4H3,(H,30,33)(H,31,34)(H,32,35)/t27-/m1/s1. The van der Waals surface area contributed by atoms with Crippen LogP contribution in [0.4, 0.5) is 11.4 Å². The zero-order valence-electron chi connectivity index (χ0n) is 22.1. The normalized spacial score (nSPS) is 14.6. The topological polar surface area (TPSA) is 110 Å². The van der Waals surface area contributed by atoms with Crippen molar-refractivity contribution in [2.75, 3.05) is 37.7 Å². The maximum Gasteiger partial charge on any atom is 0.255 e. The monoisotopic (exact) mass is 546 g/mol. The molecule has 0 saturated carbocycles. The summed E-state index contributed by atoms with van der Waals surface area (Å²) >= 11 is 1.24. The first-order valence-electron chi connectivity index (χ1n) is 12.1. The minimum atomic E-state index is -0.678. The van der Waals surface area contributed by atoms with Crippen LogP contribution in [0.15, 0.2) is 89.1 Å². The van der Waals surface area contributed by atoms with Crippen LogP contribution in [-0.2, 0) is 9.59 Å². The van der Waals surface area contributed by atoms with Crippen molar-refractivity contribution in [3.8, 4) is 17.2 Å². The number of ether oxygens (including phenoxy) is 3. The molecule has 1 atom stereocenters. The Balaban J connectivity index is 1.57. The molecule has 4 rings (SSSR count). The highest BCUT2D eigenvalue weighted by Gasteiger charge is 2.32. The number of aliphatic imine (C=N–C) groups is 1. The lowest BCUT2D eigenvalue weighted by Gasteiger charge is -2.27. The Labute approximate surface area is 231 Å². The Morgan fingerprint density at radius 3 is 2.21 bits per heavy atom. The zero-order chi connectivity index (χ0) is 27.8. The van der Waals surface area contributed by atoms with Gasteiger partial charge in [0.2, 0.25) is 5.91 Å². The zero-order valence-corrected chi connectivity index (χ0v) is 22.9. The molecule has 0 bridgehead atoms. The number of anilines is 2. The van der Waals surface area contributed by atoms with E-state index in [1.54, 1.807) is 57.7 Å². The first-order valence-corrected chi connectivity index (χ1v) is 13.1. The van der Waals surface area contributed by atoms with Gasteiger partial charge in [0, 0.05) is 28.7 Å². The molecular formula is C29H30N4O5S. The van der Waals surface area contributed by atoms with Crippen LogP contribution in [0.1, 0.15) is 18.5 Å². The molecule has 10 heteroatoms. The fraction of sp³-hybridized carbons (Fsp3) is 0.207. The summed E-state index contributed by atoms with van der Waals surface area (Å²) in [5, 5.41) is 9.52. The van der Waals surface area contributed by atoms with Gasteiger partial charge in [-0.2, -0.15) is 0 Å². The van der Waals surface area contributed by atoms with Crippen molar-refractivity contribution in [2.45, 2.75) is 13.0 Å². The molecule has 1 aliphatic heterocycles. The molecule has 0 unspecified atom stereocenters. The SMILES string of the molecule is COc1ccc(NC(=O)CSC2=N[C@H](c3ccc(OC)cc3OC)C(C(=O)Nc3ccccc3)=C(C)N2)cc1. The van der Waals surface area contributed by atoms with Crippen LogP contribution in [0.3, 0.4) is 0 Å². The number of methoxy groups -OCH3 is 3. The molecule has 0 aromatic heterocycles. The molecule has 39 heavy (non-hydrogen) atoms. The minimum Gasteiger partial charge on any atom is -0.497 e. The molecular weight excluding hydrogens is 516 g/mol.